The summed E-state index contributed by atoms with van der Waals surface area (Å²) in [7, 11) is 0. The minimum atomic E-state index is -0.247. The van der Waals surface area contributed by atoms with Crippen molar-refractivity contribution in [2.24, 2.45) is 0 Å². The van der Waals surface area contributed by atoms with Crippen LogP contribution in [0.5, 0.6) is 0 Å². The number of nitrogens with zero attached hydrogens (tertiary/aromatic N) is 6. The molecule has 1 atom stereocenters. The molecule has 3 aromatic heterocycles. The highest BCUT2D eigenvalue weighted by Crippen LogP contribution is 2.30. The quantitative estimate of drug-likeness (QED) is 0.449. The molecule has 0 spiro atoms. The van der Waals surface area contributed by atoms with Crippen LogP contribution in [-0.2, 0) is 4.74 Å². The maximum Gasteiger partial charge on any atom is 0.154 e. The highest BCUT2D eigenvalue weighted by Gasteiger charge is 2.27. The van der Waals surface area contributed by atoms with Crippen LogP contribution in [0.1, 0.15) is 30.9 Å². The lowest BCUT2D eigenvalue weighted by Crippen LogP contribution is -2.40. The smallest absolute Gasteiger partial charge is 0.154 e. The molecule has 2 fully saturated rings. The van der Waals surface area contributed by atoms with Crippen molar-refractivity contribution in [1.82, 2.24) is 19.6 Å². The van der Waals surface area contributed by atoms with Crippen LogP contribution in [0.2, 0.25) is 0 Å². The van der Waals surface area contributed by atoms with E-state index in [1.165, 1.54) is 25.3 Å². The van der Waals surface area contributed by atoms with Gasteiger partial charge in [0.2, 0.25) is 0 Å². The van der Waals surface area contributed by atoms with Crippen LogP contribution in [0.25, 0.3) is 17.0 Å². The molecular formula is C26H27FN6O. The molecule has 0 N–H and O–H groups in total. The van der Waals surface area contributed by atoms with Gasteiger partial charge in [0.25, 0.3) is 0 Å². The number of morpholine rings is 1. The van der Waals surface area contributed by atoms with E-state index in [9.17, 15) is 4.39 Å². The summed E-state index contributed by atoms with van der Waals surface area (Å²) in [6.07, 6.45) is 5.53. The first-order chi connectivity index (χ1) is 16.8. The summed E-state index contributed by atoms with van der Waals surface area (Å²) < 4.78 is 21.5. The number of benzene rings is 1. The highest BCUT2D eigenvalue weighted by molar-refractivity contribution is 5.62. The fourth-order valence-electron chi connectivity index (χ4n) is 4.92. The molecule has 5 heterocycles. The summed E-state index contributed by atoms with van der Waals surface area (Å²) in [6, 6.07) is 16.7. The third-order valence-electron chi connectivity index (χ3n) is 6.68. The lowest BCUT2D eigenvalue weighted by molar-refractivity contribution is 0.0935. The molecule has 0 saturated carbocycles. The van der Waals surface area contributed by atoms with Gasteiger partial charge >= 0.3 is 0 Å². The summed E-state index contributed by atoms with van der Waals surface area (Å²) in [6.45, 7) is 3.85. The summed E-state index contributed by atoms with van der Waals surface area (Å²) >= 11 is 0. The van der Waals surface area contributed by atoms with Crippen molar-refractivity contribution in [3.05, 3.63) is 72.2 Å². The number of anilines is 2. The van der Waals surface area contributed by atoms with Crippen LogP contribution in [0.15, 0.2) is 60.8 Å². The number of pyridine rings is 1. The lowest BCUT2D eigenvalue weighted by Gasteiger charge is -2.36. The van der Waals surface area contributed by atoms with Gasteiger partial charge in [-0.3, -0.25) is 0 Å². The van der Waals surface area contributed by atoms with Gasteiger partial charge in [-0.2, -0.15) is 0 Å². The second kappa shape index (κ2) is 9.02. The van der Waals surface area contributed by atoms with E-state index in [2.05, 4.69) is 26.9 Å². The maximum absolute atomic E-state index is 13.9. The zero-order chi connectivity index (χ0) is 22.9. The van der Waals surface area contributed by atoms with Gasteiger partial charge in [0, 0.05) is 19.6 Å². The molecule has 1 aromatic carbocycles. The maximum atomic E-state index is 13.9. The van der Waals surface area contributed by atoms with Crippen LogP contribution < -0.4 is 9.80 Å². The average Bonchev–Trinajstić information content (AvgIpc) is 3.33. The SMILES string of the molecule is Fc1cccc(C2COCCN2c2ccc3ncc(-c4cccc(N5CCCCC5)n4)n3n2)c1. The summed E-state index contributed by atoms with van der Waals surface area (Å²) in [5.41, 5.74) is 3.35. The molecule has 6 rings (SSSR count). The topological polar surface area (TPSA) is 58.8 Å². The van der Waals surface area contributed by atoms with Gasteiger partial charge in [-0.05, 0) is 61.2 Å². The molecule has 2 aliphatic rings. The van der Waals surface area contributed by atoms with Crippen LogP contribution in [0.4, 0.5) is 16.0 Å². The Morgan fingerprint density at radius 1 is 0.912 bits per heavy atom. The van der Waals surface area contributed by atoms with Crippen LogP contribution in [0.3, 0.4) is 0 Å². The molecular weight excluding hydrogens is 431 g/mol. The normalized spacial score (nSPS) is 19.0. The number of rotatable bonds is 4. The lowest BCUT2D eigenvalue weighted by atomic mass is 10.0. The third kappa shape index (κ3) is 3.98. The van der Waals surface area contributed by atoms with Crippen molar-refractivity contribution < 1.29 is 9.13 Å². The van der Waals surface area contributed by atoms with Gasteiger partial charge in [0.15, 0.2) is 5.65 Å². The van der Waals surface area contributed by atoms with Crippen molar-refractivity contribution in [3.8, 4) is 11.4 Å². The third-order valence-corrected chi connectivity index (χ3v) is 6.68. The number of piperidine rings is 1. The van der Waals surface area contributed by atoms with E-state index in [0.29, 0.717) is 19.8 Å². The van der Waals surface area contributed by atoms with Gasteiger partial charge in [0.05, 0.1) is 31.1 Å². The predicted molar refractivity (Wildman–Crippen MR) is 130 cm³/mol. The first-order valence-corrected chi connectivity index (χ1v) is 11.9. The fourth-order valence-corrected chi connectivity index (χ4v) is 4.92. The van der Waals surface area contributed by atoms with E-state index in [1.54, 1.807) is 12.1 Å². The first-order valence-electron chi connectivity index (χ1n) is 11.9. The summed E-state index contributed by atoms with van der Waals surface area (Å²) in [5, 5.41) is 4.95. The molecule has 7 nitrogen and oxygen atoms in total. The van der Waals surface area contributed by atoms with Crippen molar-refractivity contribution in [1.29, 1.82) is 0 Å². The van der Waals surface area contributed by atoms with Crippen LogP contribution >= 0.6 is 0 Å². The first kappa shape index (κ1) is 21.0. The van der Waals surface area contributed by atoms with E-state index < -0.39 is 0 Å². The second-order valence-electron chi connectivity index (χ2n) is 8.87. The minimum Gasteiger partial charge on any atom is -0.377 e. The Morgan fingerprint density at radius 3 is 2.68 bits per heavy atom. The van der Waals surface area contributed by atoms with Gasteiger partial charge in [-0.15, -0.1) is 5.10 Å². The van der Waals surface area contributed by atoms with Gasteiger partial charge in [-0.1, -0.05) is 18.2 Å². The molecule has 4 aromatic rings. The summed E-state index contributed by atoms with van der Waals surface area (Å²) in [4.78, 5) is 14.1. The molecule has 0 radical (unpaired) electrons. The zero-order valence-electron chi connectivity index (χ0n) is 19.0. The molecule has 0 bridgehead atoms. The van der Waals surface area contributed by atoms with Gasteiger partial charge in [0.1, 0.15) is 23.1 Å². The average molecular weight is 459 g/mol. The van der Waals surface area contributed by atoms with E-state index in [1.807, 2.05) is 35.0 Å². The van der Waals surface area contributed by atoms with Crippen molar-refractivity contribution >= 4 is 17.3 Å². The fraction of sp³-hybridized carbons (Fsp3) is 0.346. The molecule has 0 amide bonds. The number of hydrogen-bond donors (Lipinski definition) is 0. The molecule has 8 heteroatoms. The Hall–Kier alpha value is -3.52. The van der Waals surface area contributed by atoms with Crippen molar-refractivity contribution in [2.45, 2.75) is 25.3 Å². The minimum absolute atomic E-state index is 0.109. The van der Waals surface area contributed by atoms with Gasteiger partial charge < -0.3 is 14.5 Å². The molecule has 174 valence electrons. The summed E-state index contributed by atoms with van der Waals surface area (Å²) in [5.74, 6) is 1.56. The number of hydrogen-bond acceptors (Lipinski definition) is 6. The molecule has 2 aliphatic heterocycles. The zero-order valence-corrected chi connectivity index (χ0v) is 19.0. The Morgan fingerprint density at radius 2 is 1.79 bits per heavy atom. The molecule has 2 saturated heterocycles. The highest BCUT2D eigenvalue weighted by atomic mass is 19.1. The number of imidazole rings is 1. The monoisotopic (exact) mass is 458 g/mol. The van der Waals surface area contributed by atoms with E-state index >= 15 is 0 Å². The largest absolute Gasteiger partial charge is 0.377 e. The number of halogens is 1. The van der Waals surface area contributed by atoms with Crippen LogP contribution in [-0.4, -0.2) is 52.4 Å². The Balaban J connectivity index is 1.36. The Kier molecular flexibility index (Phi) is 5.58. The Labute approximate surface area is 197 Å². The number of ether oxygens (including phenoxy) is 1. The molecule has 0 aliphatic carbocycles. The standard InChI is InChI=1S/C26H27FN6O/c27-20-7-4-6-19(16-20)23-18-34-15-14-32(23)26-11-10-24-28-17-22(33(24)30-26)21-8-5-9-25(29-21)31-12-2-1-3-13-31/h4-11,16-17,23H,1-3,12-15,18H2. The van der Waals surface area contributed by atoms with Crippen molar-refractivity contribution in [3.63, 3.8) is 0 Å². The van der Waals surface area contributed by atoms with Crippen molar-refractivity contribution in [2.75, 3.05) is 42.6 Å². The Bertz CT molecular complexity index is 1300. The number of aromatic nitrogens is 4. The van der Waals surface area contributed by atoms with E-state index in [0.717, 1.165) is 47.3 Å². The molecule has 34 heavy (non-hydrogen) atoms. The van der Waals surface area contributed by atoms with Gasteiger partial charge in [-0.25, -0.2) is 18.9 Å². The second-order valence-corrected chi connectivity index (χ2v) is 8.87. The van der Waals surface area contributed by atoms with E-state index in [-0.39, 0.29) is 11.9 Å². The predicted octanol–water partition coefficient (Wildman–Crippen LogP) is 4.50. The van der Waals surface area contributed by atoms with Crippen LogP contribution in [0, 0.1) is 5.82 Å². The molecule has 1 unspecified atom stereocenters. The number of fused-ring (bicyclic) bond motifs is 1. The van der Waals surface area contributed by atoms with E-state index in [4.69, 9.17) is 14.8 Å².